The predicted octanol–water partition coefficient (Wildman–Crippen LogP) is 0.105. The van der Waals surface area contributed by atoms with E-state index in [4.69, 9.17) is 14.6 Å². The molecule has 0 spiro atoms. The van der Waals surface area contributed by atoms with Crippen molar-refractivity contribution in [1.82, 2.24) is 4.90 Å². The molecular formula is C12H27NO4. The van der Waals surface area contributed by atoms with Crippen LogP contribution in [0, 0.1) is 0 Å². The zero-order valence-electron chi connectivity index (χ0n) is 11.1. The van der Waals surface area contributed by atoms with Crippen molar-refractivity contribution in [3.05, 3.63) is 0 Å². The smallest absolute Gasteiger partial charge is 0.0900 e. The van der Waals surface area contributed by atoms with Gasteiger partial charge in [0.25, 0.3) is 0 Å². The van der Waals surface area contributed by atoms with Crippen LogP contribution >= 0.6 is 0 Å². The monoisotopic (exact) mass is 249 g/mol. The minimum absolute atomic E-state index is 0.264. The lowest BCUT2D eigenvalue weighted by Crippen LogP contribution is -2.33. The van der Waals surface area contributed by atoms with Crippen molar-refractivity contribution in [3.63, 3.8) is 0 Å². The number of nitrogens with zero attached hydrogens (tertiary/aromatic N) is 1. The molecule has 0 saturated heterocycles. The summed E-state index contributed by atoms with van der Waals surface area (Å²) < 4.78 is 10.1. The molecule has 0 aromatic heterocycles. The minimum atomic E-state index is -0.449. The first-order valence-corrected chi connectivity index (χ1v) is 6.24. The third-order valence-corrected chi connectivity index (χ3v) is 2.46. The normalized spacial score (nSPS) is 13.2. The molecule has 0 aromatic carbocycles. The van der Waals surface area contributed by atoms with Crippen molar-refractivity contribution < 1.29 is 19.7 Å². The van der Waals surface area contributed by atoms with Gasteiger partial charge in [-0.1, -0.05) is 0 Å². The largest absolute Gasteiger partial charge is 0.396 e. The second kappa shape index (κ2) is 12.3. The number of methoxy groups -OCH3 is 1. The Morgan fingerprint density at radius 3 is 2.59 bits per heavy atom. The van der Waals surface area contributed by atoms with Crippen LogP contribution in [0.1, 0.15) is 19.3 Å². The van der Waals surface area contributed by atoms with Gasteiger partial charge in [0.05, 0.1) is 25.9 Å². The Balaban J connectivity index is 3.35. The zero-order valence-corrected chi connectivity index (χ0v) is 11.1. The molecule has 0 heterocycles. The van der Waals surface area contributed by atoms with Crippen LogP contribution in [0.5, 0.6) is 0 Å². The second-order valence-electron chi connectivity index (χ2n) is 4.27. The van der Waals surface area contributed by atoms with Gasteiger partial charge in [-0.2, -0.15) is 0 Å². The van der Waals surface area contributed by atoms with Gasteiger partial charge in [-0.05, 0) is 32.9 Å². The average Bonchev–Trinajstić information content (AvgIpc) is 2.30. The molecule has 0 fully saturated rings. The molecule has 1 unspecified atom stereocenters. The van der Waals surface area contributed by atoms with E-state index >= 15 is 0 Å². The molecule has 0 bridgehead atoms. The maximum absolute atomic E-state index is 9.67. The standard InChI is InChI=1S/C12H27NO4/c1-13(6-4-3-5-7-14)10-12(15)11-17-9-8-16-2/h12,14-15H,3-11H2,1-2H3. The first-order valence-electron chi connectivity index (χ1n) is 6.24. The lowest BCUT2D eigenvalue weighted by atomic mass is 10.2. The third-order valence-electron chi connectivity index (χ3n) is 2.46. The molecule has 104 valence electrons. The van der Waals surface area contributed by atoms with Gasteiger partial charge in [0.2, 0.25) is 0 Å². The fraction of sp³-hybridized carbons (Fsp3) is 1.00. The fourth-order valence-electron chi connectivity index (χ4n) is 1.54. The van der Waals surface area contributed by atoms with E-state index in [1.165, 1.54) is 0 Å². The molecule has 5 nitrogen and oxygen atoms in total. The number of unbranched alkanes of at least 4 members (excludes halogenated alkanes) is 2. The van der Waals surface area contributed by atoms with Gasteiger partial charge in [0.1, 0.15) is 0 Å². The lowest BCUT2D eigenvalue weighted by molar-refractivity contribution is 0.00225. The summed E-state index contributed by atoms with van der Waals surface area (Å²) in [5.41, 5.74) is 0. The summed E-state index contributed by atoms with van der Waals surface area (Å²) in [6, 6.07) is 0. The van der Waals surface area contributed by atoms with Gasteiger partial charge in [-0.3, -0.25) is 0 Å². The summed E-state index contributed by atoms with van der Waals surface area (Å²) >= 11 is 0. The Labute approximate surface area is 104 Å². The highest BCUT2D eigenvalue weighted by atomic mass is 16.5. The van der Waals surface area contributed by atoms with Gasteiger partial charge in [0, 0.05) is 20.3 Å². The van der Waals surface area contributed by atoms with E-state index in [9.17, 15) is 5.11 Å². The van der Waals surface area contributed by atoms with Crippen LogP contribution in [-0.4, -0.2) is 74.9 Å². The van der Waals surface area contributed by atoms with Crippen LogP contribution in [0.25, 0.3) is 0 Å². The van der Waals surface area contributed by atoms with Crippen LogP contribution < -0.4 is 0 Å². The Bertz CT molecular complexity index is 141. The molecule has 1 atom stereocenters. The van der Waals surface area contributed by atoms with Crippen molar-refractivity contribution in [3.8, 4) is 0 Å². The molecule has 0 saturated carbocycles. The first-order chi connectivity index (χ1) is 8.20. The number of hydrogen-bond acceptors (Lipinski definition) is 5. The molecule has 0 amide bonds. The van der Waals surface area contributed by atoms with Crippen molar-refractivity contribution in [1.29, 1.82) is 0 Å². The van der Waals surface area contributed by atoms with Gasteiger partial charge < -0.3 is 24.6 Å². The van der Waals surface area contributed by atoms with E-state index in [-0.39, 0.29) is 6.61 Å². The van der Waals surface area contributed by atoms with E-state index in [0.717, 1.165) is 25.8 Å². The van der Waals surface area contributed by atoms with Gasteiger partial charge in [-0.15, -0.1) is 0 Å². The quantitative estimate of drug-likeness (QED) is 0.481. The Hall–Kier alpha value is -0.200. The van der Waals surface area contributed by atoms with Gasteiger partial charge in [0.15, 0.2) is 0 Å². The number of likely N-dealkylation sites (N-methyl/N-ethyl adjacent to an activating group) is 1. The fourth-order valence-corrected chi connectivity index (χ4v) is 1.54. The van der Waals surface area contributed by atoms with E-state index in [1.807, 2.05) is 7.05 Å². The predicted molar refractivity (Wildman–Crippen MR) is 67.1 cm³/mol. The molecular weight excluding hydrogens is 222 g/mol. The summed E-state index contributed by atoms with van der Waals surface area (Å²) in [6.45, 7) is 3.25. The van der Waals surface area contributed by atoms with Crippen molar-refractivity contribution in [2.75, 3.05) is 53.7 Å². The Morgan fingerprint density at radius 2 is 1.94 bits per heavy atom. The highest BCUT2D eigenvalue weighted by Crippen LogP contribution is 1.98. The van der Waals surface area contributed by atoms with E-state index in [2.05, 4.69) is 4.90 Å². The van der Waals surface area contributed by atoms with Crippen LogP contribution in [0.4, 0.5) is 0 Å². The van der Waals surface area contributed by atoms with Crippen molar-refractivity contribution in [2.45, 2.75) is 25.4 Å². The molecule has 0 aliphatic rings. The van der Waals surface area contributed by atoms with Crippen LogP contribution in [-0.2, 0) is 9.47 Å². The molecule has 2 N–H and O–H groups in total. The molecule has 17 heavy (non-hydrogen) atoms. The summed E-state index contributed by atoms with van der Waals surface area (Å²) in [6.07, 6.45) is 2.49. The Morgan fingerprint density at radius 1 is 1.18 bits per heavy atom. The number of aliphatic hydroxyl groups is 2. The molecule has 0 aromatic rings. The molecule has 5 heteroatoms. The van der Waals surface area contributed by atoms with Gasteiger partial charge in [-0.25, -0.2) is 0 Å². The van der Waals surface area contributed by atoms with Crippen molar-refractivity contribution in [2.24, 2.45) is 0 Å². The maximum Gasteiger partial charge on any atom is 0.0900 e. The summed E-state index contributed by atoms with van der Waals surface area (Å²) in [4.78, 5) is 2.09. The minimum Gasteiger partial charge on any atom is -0.396 e. The summed E-state index contributed by atoms with van der Waals surface area (Å²) in [5, 5.41) is 18.3. The van der Waals surface area contributed by atoms with E-state index < -0.39 is 6.10 Å². The second-order valence-corrected chi connectivity index (χ2v) is 4.27. The highest BCUT2D eigenvalue weighted by Gasteiger charge is 2.07. The van der Waals surface area contributed by atoms with Gasteiger partial charge >= 0.3 is 0 Å². The van der Waals surface area contributed by atoms with Crippen LogP contribution in [0.15, 0.2) is 0 Å². The Kier molecular flexibility index (Phi) is 12.1. The number of hydrogen-bond donors (Lipinski definition) is 2. The number of aliphatic hydroxyl groups excluding tert-OH is 2. The van der Waals surface area contributed by atoms with Crippen molar-refractivity contribution >= 4 is 0 Å². The van der Waals surface area contributed by atoms with E-state index in [1.54, 1.807) is 7.11 Å². The average molecular weight is 249 g/mol. The molecule has 0 rings (SSSR count). The number of rotatable bonds is 12. The summed E-state index contributed by atoms with van der Waals surface area (Å²) in [5.74, 6) is 0. The lowest BCUT2D eigenvalue weighted by Gasteiger charge is -2.20. The van der Waals surface area contributed by atoms with E-state index in [0.29, 0.717) is 26.4 Å². The van der Waals surface area contributed by atoms with Crippen LogP contribution in [0.2, 0.25) is 0 Å². The zero-order chi connectivity index (χ0) is 12.9. The highest BCUT2D eigenvalue weighted by molar-refractivity contribution is 4.60. The first kappa shape index (κ1) is 16.8. The summed E-state index contributed by atoms with van der Waals surface area (Å²) in [7, 11) is 3.61. The molecule has 0 radical (unpaired) electrons. The molecule has 0 aliphatic carbocycles. The topological polar surface area (TPSA) is 62.2 Å². The SMILES string of the molecule is COCCOCC(O)CN(C)CCCCCO. The van der Waals surface area contributed by atoms with Crippen LogP contribution in [0.3, 0.4) is 0 Å². The maximum atomic E-state index is 9.67. The number of ether oxygens (including phenoxy) is 2. The third kappa shape index (κ3) is 12.1. The molecule has 0 aliphatic heterocycles.